The summed E-state index contributed by atoms with van der Waals surface area (Å²) in [5, 5.41) is 0. The molecule has 0 aromatic heterocycles. The van der Waals surface area contributed by atoms with Gasteiger partial charge in [0.15, 0.2) is 0 Å². The minimum atomic E-state index is 0. The molecule has 2 rings (SSSR count). The molecule has 0 N–H and O–H groups in total. The van der Waals surface area contributed by atoms with Gasteiger partial charge in [-0.1, -0.05) is 60.7 Å². The molecule has 0 amide bonds. The number of rotatable bonds is 1. The fraction of sp³-hybridized carbons (Fsp3) is 0. The zero-order valence-corrected chi connectivity index (χ0v) is 15.0. The molecule has 62 valence electrons. The number of benzene rings is 2. The van der Waals surface area contributed by atoms with Gasteiger partial charge >= 0.3 is 103 Å². The van der Waals surface area contributed by atoms with E-state index in [0.29, 0.717) is 0 Å². The van der Waals surface area contributed by atoms with Gasteiger partial charge in [0.2, 0.25) is 0 Å². The Bertz CT molecular complexity index is 314. The van der Waals surface area contributed by atoms with Crippen LogP contribution in [-0.2, 0) is 0 Å². The van der Waals surface area contributed by atoms with Gasteiger partial charge in [-0.3, -0.25) is 0 Å². The molecule has 0 saturated carbocycles. The maximum Gasteiger partial charge on any atom is 1.00 e. The Morgan fingerprint density at radius 3 is 1.07 bits per heavy atom. The number of hydrogen-bond donors (Lipinski definition) is 0. The van der Waals surface area contributed by atoms with Crippen LogP contribution in [0.3, 0.4) is 0 Å². The topological polar surface area (TPSA) is 0 Å². The maximum atomic E-state index is 2.12. The van der Waals surface area contributed by atoms with E-state index >= 15 is 0 Å². The van der Waals surface area contributed by atoms with E-state index in [-0.39, 0.29) is 106 Å². The van der Waals surface area contributed by atoms with Crippen molar-refractivity contribution >= 4 is 0 Å². The Labute approximate surface area is 173 Å². The molecule has 0 fully saturated rings. The quantitative estimate of drug-likeness (QED) is 0.482. The summed E-state index contributed by atoms with van der Waals surface area (Å²) < 4.78 is 0. The molecule has 0 aliphatic heterocycles. The SMILES string of the molecule is [H-].[H-].[K+].[K+].c1ccc(-c2ccccc2)cc1. The van der Waals surface area contributed by atoms with Crippen LogP contribution < -0.4 is 103 Å². The smallest absolute Gasteiger partial charge is 1.00 e. The van der Waals surface area contributed by atoms with Crippen molar-refractivity contribution in [3.05, 3.63) is 60.7 Å². The summed E-state index contributed by atoms with van der Waals surface area (Å²) >= 11 is 0. The summed E-state index contributed by atoms with van der Waals surface area (Å²) in [5.74, 6) is 0. The molecule has 0 spiro atoms. The minimum Gasteiger partial charge on any atom is -1.00 e. The van der Waals surface area contributed by atoms with E-state index in [9.17, 15) is 0 Å². The van der Waals surface area contributed by atoms with E-state index < -0.39 is 0 Å². The minimum absolute atomic E-state index is 0. The Morgan fingerprint density at radius 1 is 0.500 bits per heavy atom. The van der Waals surface area contributed by atoms with Gasteiger partial charge < -0.3 is 2.85 Å². The molecular formula is C12H12K2. The Morgan fingerprint density at radius 2 is 0.786 bits per heavy atom. The zero-order valence-electron chi connectivity index (χ0n) is 10.8. The molecule has 0 saturated heterocycles. The third-order valence-electron chi connectivity index (χ3n) is 1.88. The standard InChI is InChI=1S/C12H10.2K.2H/c1-3-7-11(8-4-1)12-9-5-2-6-10-12;;;;/h1-10H;;;;/q;2*+1;2*-1. The second-order valence-electron chi connectivity index (χ2n) is 2.73. The summed E-state index contributed by atoms with van der Waals surface area (Å²) in [6, 6.07) is 20.8. The van der Waals surface area contributed by atoms with Crippen LogP contribution in [0.1, 0.15) is 2.85 Å². The first kappa shape index (κ1) is 15.7. The van der Waals surface area contributed by atoms with E-state index in [1.54, 1.807) is 0 Å². The maximum absolute atomic E-state index is 2.12. The molecule has 0 heterocycles. The van der Waals surface area contributed by atoms with Crippen LogP contribution in [-0.4, -0.2) is 0 Å². The van der Waals surface area contributed by atoms with E-state index in [2.05, 4.69) is 48.5 Å². The van der Waals surface area contributed by atoms with E-state index in [1.165, 1.54) is 11.1 Å². The van der Waals surface area contributed by atoms with Gasteiger partial charge in [0, 0.05) is 0 Å². The van der Waals surface area contributed by atoms with Crippen molar-refractivity contribution in [1.29, 1.82) is 0 Å². The van der Waals surface area contributed by atoms with Crippen molar-refractivity contribution in [2.45, 2.75) is 0 Å². The van der Waals surface area contributed by atoms with Crippen LogP contribution >= 0.6 is 0 Å². The fourth-order valence-electron chi connectivity index (χ4n) is 1.26. The summed E-state index contributed by atoms with van der Waals surface area (Å²) in [5.41, 5.74) is 2.55. The van der Waals surface area contributed by atoms with E-state index in [0.717, 1.165) is 0 Å². The van der Waals surface area contributed by atoms with Gasteiger partial charge in [0.1, 0.15) is 0 Å². The van der Waals surface area contributed by atoms with Crippen molar-refractivity contribution in [3.8, 4) is 11.1 Å². The molecule has 0 radical (unpaired) electrons. The summed E-state index contributed by atoms with van der Waals surface area (Å²) in [6.07, 6.45) is 0. The first-order chi connectivity index (χ1) is 5.97. The molecular weight excluding hydrogens is 222 g/mol. The van der Waals surface area contributed by atoms with Crippen LogP contribution in [0.5, 0.6) is 0 Å². The molecule has 14 heavy (non-hydrogen) atoms. The van der Waals surface area contributed by atoms with Crippen LogP contribution in [0.4, 0.5) is 0 Å². The summed E-state index contributed by atoms with van der Waals surface area (Å²) in [4.78, 5) is 0. The van der Waals surface area contributed by atoms with Crippen LogP contribution in [0.25, 0.3) is 11.1 Å². The molecule has 0 aliphatic rings. The van der Waals surface area contributed by atoms with Crippen LogP contribution in [0, 0.1) is 0 Å². The third kappa shape index (κ3) is 4.70. The van der Waals surface area contributed by atoms with Crippen LogP contribution in [0.15, 0.2) is 60.7 Å². The Hall–Kier alpha value is 1.71. The number of hydrogen-bond acceptors (Lipinski definition) is 0. The first-order valence-corrected chi connectivity index (χ1v) is 4.07. The molecule has 0 bridgehead atoms. The Balaban J connectivity index is -0.000000422. The van der Waals surface area contributed by atoms with Gasteiger partial charge in [0.25, 0.3) is 0 Å². The Kier molecular flexibility index (Phi) is 9.90. The molecule has 2 heteroatoms. The average Bonchev–Trinajstić information content (AvgIpc) is 2.21. The van der Waals surface area contributed by atoms with Crippen molar-refractivity contribution in [2.24, 2.45) is 0 Å². The largest absolute Gasteiger partial charge is 1.00 e. The van der Waals surface area contributed by atoms with Crippen molar-refractivity contribution < 1.29 is 106 Å². The predicted molar refractivity (Wildman–Crippen MR) is 54.1 cm³/mol. The van der Waals surface area contributed by atoms with Gasteiger partial charge in [0.05, 0.1) is 0 Å². The van der Waals surface area contributed by atoms with E-state index in [4.69, 9.17) is 0 Å². The van der Waals surface area contributed by atoms with Crippen molar-refractivity contribution in [2.75, 3.05) is 0 Å². The van der Waals surface area contributed by atoms with Gasteiger partial charge in [-0.2, -0.15) is 0 Å². The van der Waals surface area contributed by atoms with Gasteiger partial charge in [-0.05, 0) is 11.1 Å². The molecule has 0 atom stereocenters. The normalized spacial score (nSPS) is 8.29. The average molecular weight is 234 g/mol. The molecule has 0 nitrogen and oxygen atoms in total. The first-order valence-electron chi connectivity index (χ1n) is 4.07. The van der Waals surface area contributed by atoms with Crippen molar-refractivity contribution in [3.63, 3.8) is 0 Å². The van der Waals surface area contributed by atoms with Gasteiger partial charge in [-0.25, -0.2) is 0 Å². The van der Waals surface area contributed by atoms with Gasteiger partial charge in [-0.15, -0.1) is 0 Å². The molecule has 0 unspecified atom stereocenters. The summed E-state index contributed by atoms with van der Waals surface area (Å²) in [6.45, 7) is 0. The predicted octanol–water partition coefficient (Wildman–Crippen LogP) is -2.41. The molecule has 0 aliphatic carbocycles. The zero-order chi connectivity index (χ0) is 8.23. The van der Waals surface area contributed by atoms with Crippen molar-refractivity contribution in [1.82, 2.24) is 0 Å². The molecule has 2 aromatic carbocycles. The molecule has 2 aromatic rings. The van der Waals surface area contributed by atoms with Crippen LogP contribution in [0.2, 0.25) is 0 Å². The second-order valence-corrected chi connectivity index (χ2v) is 2.73. The van der Waals surface area contributed by atoms with E-state index in [1.807, 2.05) is 12.1 Å². The summed E-state index contributed by atoms with van der Waals surface area (Å²) in [7, 11) is 0. The fourth-order valence-corrected chi connectivity index (χ4v) is 1.26. The monoisotopic (exact) mass is 234 g/mol. The second kappa shape index (κ2) is 8.82. The third-order valence-corrected chi connectivity index (χ3v) is 1.88.